The number of hydrogen-bond acceptors (Lipinski definition) is 1. The minimum absolute atomic E-state index is 0.422. The van der Waals surface area contributed by atoms with E-state index < -0.39 is 0 Å². The van der Waals surface area contributed by atoms with Crippen molar-refractivity contribution in [3.8, 4) is 0 Å². The topological polar surface area (TPSA) is 12.0 Å². The third kappa shape index (κ3) is 3.35. The Morgan fingerprint density at radius 3 is 2.86 bits per heavy atom. The summed E-state index contributed by atoms with van der Waals surface area (Å²) in [7, 11) is 0. The average molecular weight is 189 g/mol. The second-order valence-electron chi connectivity index (χ2n) is 3.61. The number of benzene rings is 1. The second kappa shape index (κ2) is 5.61. The molecule has 1 atom stereocenters. The third-order valence-corrected chi connectivity index (χ3v) is 2.32. The van der Waals surface area contributed by atoms with Gasteiger partial charge in [-0.1, -0.05) is 42.0 Å². The van der Waals surface area contributed by atoms with Gasteiger partial charge in [0.2, 0.25) is 0 Å². The summed E-state index contributed by atoms with van der Waals surface area (Å²) in [5.74, 6) is 0. The monoisotopic (exact) mass is 189 g/mol. The Balaban J connectivity index is 2.55. The lowest BCUT2D eigenvalue weighted by atomic mass is 10.1. The quantitative estimate of drug-likeness (QED) is 0.717. The van der Waals surface area contributed by atoms with Crippen LogP contribution in [0.15, 0.2) is 36.4 Å². The molecule has 0 amide bonds. The molecular formula is C13H19N. The molecule has 1 aromatic carbocycles. The maximum absolute atomic E-state index is 3.44. The first-order valence-electron chi connectivity index (χ1n) is 5.15. The standard InChI is InChI=1S/C13H19N/c1-4-5-9-14-12(3)13-8-6-7-11(2)10-13/h4-8,10,12,14H,9H2,1-3H3/b5-4+/t12-/m0/s1. The molecule has 1 nitrogen and oxygen atoms in total. The summed E-state index contributed by atoms with van der Waals surface area (Å²) < 4.78 is 0. The molecule has 0 heterocycles. The van der Waals surface area contributed by atoms with Crippen LogP contribution in [-0.4, -0.2) is 6.54 Å². The molecule has 0 unspecified atom stereocenters. The van der Waals surface area contributed by atoms with Gasteiger partial charge in [0.1, 0.15) is 0 Å². The molecule has 0 saturated carbocycles. The van der Waals surface area contributed by atoms with E-state index in [0.717, 1.165) is 6.54 Å². The van der Waals surface area contributed by atoms with Crippen molar-refractivity contribution in [2.24, 2.45) is 0 Å². The van der Waals surface area contributed by atoms with Crippen LogP contribution in [0.5, 0.6) is 0 Å². The predicted molar refractivity (Wildman–Crippen MR) is 62.4 cm³/mol. The van der Waals surface area contributed by atoms with Crippen LogP contribution in [0.4, 0.5) is 0 Å². The van der Waals surface area contributed by atoms with Gasteiger partial charge < -0.3 is 5.32 Å². The molecule has 0 radical (unpaired) electrons. The van der Waals surface area contributed by atoms with Crippen LogP contribution in [0, 0.1) is 6.92 Å². The molecule has 1 aromatic rings. The van der Waals surface area contributed by atoms with Crippen LogP contribution in [0.2, 0.25) is 0 Å². The Morgan fingerprint density at radius 1 is 1.43 bits per heavy atom. The molecule has 1 rings (SSSR count). The fraction of sp³-hybridized carbons (Fsp3) is 0.385. The number of aryl methyl sites for hydroxylation is 1. The van der Waals surface area contributed by atoms with Crippen molar-refractivity contribution in [3.63, 3.8) is 0 Å². The largest absolute Gasteiger partial charge is 0.307 e. The van der Waals surface area contributed by atoms with E-state index in [0.29, 0.717) is 6.04 Å². The van der Waals surface area contributed by atoms with E-state index in [1.54, 1.807) is 0 Å². The Labute approximate surface area is 86.8 Å². The Bertz CT molecular complexity index is 302. The van der Waals surface area contributed by atoms with Gasteiger partial charge in [-0.25, -0.2) is 0 Å². The van der Waals surface area contributed by atoms with E-state index in [9.17, 15) is 0 Å². The van der Waals surface area contributed by atoms with Gasteiger partial charge in [-0.15, -0.1) is 0 Å². The molecule has 1 N–H and O–H groups in total. The minimum atomic E-state index is 0.422. The van der Waals surface area contributed by atoms with E-state index in [-0.39, 0.29) is 0 Å². The fourth-order valence-corrected chi connectivity index (χ4v) is 1.42. The normalized spacial score (nSPS) is 13.4. The van der Waals surface area contributed by atoms with Crippen LogP contribution in [-0.2, 0) is 0 Å². The van der Waals surface area contributed by atoms with Crippen molar-refractivity contribution in [1.82, 2.24) is 5.32 Å². The van der Waals surface area contributed by atoms with E-state index in [4.69, 9.17) is 0 Å². The average Bonchev–Trinajstić information content (AvgIpc) is 2.18. The first kappa shape index (κ1) is 11.0. The van der Waals surface area contributed by atoms with Gasteiger partial charge >= 0.3 is 0 Å². The van der Waals surface area contributed by atoms with Gasteiger partial charge in [-0.3, -0.25) is 0 Å². The number of nitrogens with one attached hydrogen (secondary N) is 1. The lowest BCUT2D eigenvalue weighted by molar-refractivity contribution is 0.617. The van der Waals surface area contributed by atoms with Crippen LogP contribution >= 0.6 is 0 Å². The SMILES string of the molecule is C/C=C/CN[C@@H](C)c1cccc(C)c1. The van der Waals surface area contributed by atoms with Crippen molar-refractivity contribution in [3.05, 3.63) is 47.5 Å². The van der Waals surface area contributed by atoms with Crippen molar-refractivity contribution in [2.75, 3.05) is 6.54 Å². The first-order chi connectivity index (χ1) is 6.74. The summed E-state index contributed by atoms with van der Waals surface area (Å²) in [5.41, 5.74) is 2.68. The van der Waals surface area contributed by atoms with Gasteiger partial charge in [0.05, 0.1) is 0 Å². The zero-order chi connectivity index (χ0) is 10.4. The smallest absolute Gasteiger partial charge is 0.0294 e. The molecule has 1 heteroatoms. The predicted octanol–water partition coefficient (Wildman–Crippen LogP) is 3.22. The van der Waals surface area contributed by atoms with Crippen LogP contribution < -0.4 is 5.32 Å². The van der Waals surface area contributed by atoms with Gasteiger partial charge in [-0.05, 0) is 26.3 Å². The van der Waals surface area contributed by atoms with E-state index in [1.807, 2.05) is 6.92 Å². The highest BCUT2D eigenvalue weighted by Gasteiger charge is 2.02. The van der Waals surface area contributed by atoms with Gasteiger partial charge in [-0.2, -0.15) is 0 Å². The molecule has 0 aliphatic carbocycles. The van der Waals surface area contributed by atoms with Crippen molar-refractivity contribution in [2.45, 2.75) is 26.8 Å². The Kier molecular flexibility index (Phi) is 4.41. The molecule has 0 aliphatic heterocycles. The summed E-state index contributed by atoms with van der Waals surface area (Å²) in [6, 6.07) is 9.06. The van der Waals surface area contributed by atoms with Crippen molar-refractivity contribution >= 4 is 0 Å². The molecule has 0 aliphatic rings. The summed E-state index contributed by atoms with van der Waals surface area (Å²) in [5, 5.41) is 3.44. The summed E-state index contributed by atoms with van der Waals surface area (Å²) in [4.78, 5) is 0. The highest BCUT2D eigenvalue weighted by atomic mass is 14.9. The van der Waals surface area contributed by atoms with E-state index >= 15 is 0 Å². The second-order valence-corrected chi connectivity index (χ2v) is 3.61. The molecule has 0 saturated heterocycles. The zero-order valence-corrected chi connectivity index (χ0v) is 9.25. The molecule has 0 aromatic heterocycles. The highest BCUT2D eigenvalue weighted by molar-refractivity contribution is 5.24. The number of allylic oxidation sites excluding steroid dienone is 1. The lowest BCUT2D eigenvalue weighted by Crippen LogP contribution is -2.18. The highest BCUT2D eigenvalue weighted by Crippen LogP contribution is 2.13. The maximum atomic E-state index is 3.44. The van der Waals surface area contributed by atoms with E-state index in [1.165, 1.54) is 11.1 Å². The fourth-order valence-electron chi connectivity index (χ4n) is 1.42. The molecular weight excluding hydrogens is 170 g/mol. The van der Waals surface area contributed by atoms with E-state index in [2.05, 4.69) is 55.6 Å². The van der Waals surface area contributed by atoms with Crippen LogP contribution in [0.25, 0.3) is 0 Å². The van der Waals surface area contributed by atoms with Crippen molar-refractivity contribution in [1.29, 1.82) is 0 Å². The van der Waals surface area contributed by atoms with Gasteiger partial charge in [0.15, 0.2) is 0 Å². The first-order valence-corrected chi connectivity index (χ1v) is 5.15. The summed E-state index contributed by atoms with van der Waals surface area (Å²) in [6.45, 7) is 7.30. The minimum Gasteiger partial charge on any atom is -0.307 e. The third-order valence-electron chi connectivity index (χ3n) is 2.32. The Morgan fingerprint density at radius 2 is 2.21 bits per heavy atom. The van der Waals surface area contributed by atoms with Crippen LogP contribution in [0.1, 0.15) is 31.0 Å². The lowest BCUT2D eigenvalue weighted by Gasteiger charge is -2.13. The maximum Gasteiger partial charge on any atom is 0.0294 e. The van der Waals surface area contributed by atoms with Gasteiger partial charge in [0.25, 0.3) is 0 Å². The number of hydrogen-bond donors (Lipinski definition) is 1. The zero-order valence-electron chi connectivity index (χ0n) is 9.25. The molecule has 76 valence electrons. The van der Waals surface area contributed by atoms with Gasteiger partial charge in [0, 0.05) is 12.6 Å². The summed E-state index contributed by atoms with van der Waals surface area (Å²) in [6.07, 6.45) is 4.20. The Hall–Kier alpha value is -1.08. The molecule has 0 spiro atoms. The van der Waals surface area contributed by atoms with Crippen molar-refractivity contribution < 1.29 is 0 Å². The van der Waals surface area contributed by atoms with Crippen LogP contribution in [0.3, 0.4) is 0 Å². The molecule has 0 bridgehead atoms. The summed E-state index contributed by atoms with van der Waals surface area (Å²) >= 11 is 0. The molecule has 0 fully saturated rings. The molecule has 14 heavy (non-hydrogen) atoms. The number of rotatable bonds is 4.